The van der Waals surface area contributed by atoms with Crippen molar-refractivity contribution < 1.29 is 29.3 Å². The van der Waals surface area contributed by atoms with Crippen LogP contribution in [0.2, 0.25) is 6.32 Å². The fraction of sp³-hybridized carbons (Fsp3) is 0.357. The molecule has 5 rings (SSSR count). The highest BCUT2D eigenvalue weighted by Gasteiger charge is 2.57. The normalized spacial score (nSPS) is 25.2. The maximum absolute atomic E-state index is 13.7. The van der Waals surface area contributed by atoms with Gasteiger partial charge in [-0.2, -0.15) is 0 Å². The Balaban J connectivity index is 1.39. The zero-order valence-corrected chi connectivity index (χ0v) is 23.1. The number of halogens is 1. The first-order valence-corrected chi connectivity index (χ1v) is 13.7. The van der Waals surface area contributed by atoms with Gasteiger partial charge in [0, 0.05) is 22.2 Å². The second-order valence-electron chi connectivity index (χ2n) is 10.5. The number of carbonyl (C=O) groups excluding carboxylic acids is 2. The average Bonchev–Trinajstić information content (AvgIpc) is 3.13. The topological polar surface area (TPSA) is 130 Å². The summed E-state index contributed by atoms with van der Waals surface area (Å²) in [5.74, 6) is -2.19. The number of aromatic hydroxyl groups is 1. The average molecular weight is 595 g/mol. The highest BCUT2D eigenvalue weighted by Crippen LogP contribution is 2.51. The van der Waals surface area contributed by atoms with Crippen LogP contribution >= 0.6 is 15.9 Å². The van der Waals surface area contributed by atoms with E-state index in [9.17, 15) is 29.8 Å². The Kier molecular flexibility index (Phi) is 7.50. The third-order valence-corrected chi connectivity index (χ3v) is 8.44. The number of nitrogens with zero attached hydrogens (tertiary/aromatic N) is 2. The van der Waals surface area contributed by atoms with E-state index in [4.69, 9.17) is 4.65 Å². The number of benzene rings is 2. The predicted octanol–water partition coefficient (Wildman–Crippen LogP) is 5.27. The van der Waals surface area contributed by atoms with Crippen molar-refractivity contribution in [3.63, 3.8) is 0 Å². The van der Waals surface area contributed by atoms with Crippen molar-refractivity contribution in [2.45, 2.75) is 45.5 Å². The van der Waals surface area contributed by atoms with Crippen LogP contribution in [0.3, 0.4) is 0 Å². The van der Waals surface area contributed by atoms with E-state index in [0.29, 0.717) is 24.8 Å². The number of non-ortho nitro benzene ring substituents is 1. The van der Waals surface area contributed by atoms with Gasteiger partial charge in [0.05, 0.1) is 28.6 Å². The molecule has 2 aromatic carbocycles. The quantitative estimate of drug-likeness (QED) is 0.153. The molecule has 2 N–H and O–H groups in total. The van der Waals surface area contributed by atoms with E-state index in [0.717, 1.165) is 26.1 Å². The first kappa shape index (κ1) is 27.3. The molecule has 0 bridgehead atoms. The number of nitro benzene ring substituents is 1. The van der Waals surface area contributed by atoms with Gasteiger partial charge in [0.25, 0.3) is 5.69 Å². The van der Waals surface area contributed by atoms with E-state index in [1.165, 1.54) is 24.3 Å². The molecule has 9 nitrogen and oxygen atoms in total. The predicted molar refractivity (Wildman–Crippen MR) is 150 cm³/mol. The minimum atomic E-state index is -1.08. The molecule has 2 saturated heterocycles. The molecule has 2 aliphatic heterocycles. The first-order valence-electron chi connectivity index (χ1n) is 12.9. The van der Waals surface area contributed by atoms with Gasteiger partial charge in [0.2, 0.25) is 11.8 Å². The fourth-order valence-corrected chi connectivity index (χ4v) is 6.64. The Morgan fingerprint density at radius 2 is 2.00 bits per heavy atom. The van der Waals surface area contributed by atoms with Crippen molar-refractivity contribution in [3.05, 3.63) is 79.3 Å². The van der Waals surface area contributed by atoms with Crippen LogP contribution < -0.4 is 4.90 Å². The van der Waals surface area contributed by atoms with Crippen molar-refractivity contribution in [1.82, 2.24) is 0 Å². The largest absolute Gasteiger partial charge is 0.507 e. The molecule has 1 aliphatic carbocycles. The number of nitro groups is 1. The highest BCUT2D eigenvalue weighted by atomic mass is 79.9. The van der Waals surface area contributed by atoms with Crippen LogP contribution in [0.15, 0.2) is 63.7 Å². The summed E-state index contributed by atoms with van der Waals surface area (Å²) >= 11 is 3.42. The Bertz CT molecular complexity index is 1420. The summed E-state index contributed by atoms with van der Waals surface area (Å²) in [7, 11) is -1.08. The number of amides is 2. The molecular weight excluding hydrogens is 567 g/mol. The maximum Gasteiger partial charge on any atom is 0.455 e. The van der Waals surface area contributed by atoms with Gasteiger partial charge < -0.3 is 14.8 Å². The molecule has 202 valence electrons. The van der Waals surface area contributed by atoms with Gasteiger partial charge in [-0.1, -0.05) is 39.2 Å². The number of anilines is 1. The summed E-state index contributed by atoms with van der Waals surface area (Å²) in [4.78, 5) is 38.9. The SMILES string of the molecule is CC1=C2[C@@H](CC/C(C)=C/c3cc(Br)ccc3O)OB(O)C[C@@H]2[C@@H]2C(=O)N(c3cccc([N+](=O)[O-])c3)C(=O)[C@@H]2C1. The van der Waals surface area contributed by atoms with E-state index in [-0.39, 0.29) is 35.3 Å². The molecular formula is C28H28BBrN2O7. The monoisotopic (exact) mass is 594 g/mol. The lowest BCUT2D eigenvalue weighted by Crippen LogP contribution is -2.46. The first-order chi connectivity index (χ1) is 18.5. The molecule has 0 radical (unpaired) electrons. The number of phenols is 1. The molecule has 2 fully saturated rings. The fourth-order valence-electron chi connectivity index (χ4n) is 6.26. The van der Waals surface area contributed by atoms with Crippen molar-refractivity contribution >= 4 is 52.3 Å². The van der Waals surface area contributed by atoms with E-state index >= 15 is 0 Å². The number of hydrogen-bond acceptors (Lipinski definition) is 7. The van der Waals surface area contributed by atoms with E-state index in [1.54, 1.807) is 12.1 Å². The lowest BCUT2D eigenvalue weighted by molar-refractivity contribution is -0.384. The number of phenolic OH excluding ortho intramolecular Hbond substituents is 1. The van der Waals surface area contributed by atoms with Gasteiger partial charge in [-0.25, -0.2) is 4.90 Å². The van der Waals surface area contributed by atoms with Crippen molar-refractivity contribution in [2.75, 3.05) is 4.90 Å². The minimum absolute atomic E-state index is 0.177. The lowest BCUT2D eigenvalue weighted by atomic mass is 9.59. The van der Waals surface area contributed by atoms with Crippen LogP contribution in [0.5, 0.6) is 5.75 Å². The molecule has 2 heterocycles. The number of allylic oxidation sites excluding steroid dienone is 2. The van der Waals surface area contributed by atoms with E-state index in [1.807, 2.05) is 26.0 Å². The van der Waals surface area contributed by atoms with Crippen molar-refractivity contribution in [1.29, 1.82) is 0 Å². The maximum atomic E-state index is 13.7. The Morgan fingerprint density at radius 3 is 2.74 bits per heavy atom. The number of carbonyl (C=O) groups is 2. The van der Waals surface area contributed by atoms with Crippen LogP contribution in [0.25, 0.3) is 6.08 Å². The third kappa shape index (κ3) is 5.18. The summed E-state index contributed by atoms with van der Waals surface area (Å²) in [6.45, 7) is 3.91. The van der Waals surface area contributed by atoms with Gasteiger partial charge in [-0.15, -0.1) is 0 Å². The summed E-state index contributed by atoms with van der Waals surface area (Å²) in [6, 6.07) is 10.8. The Morgan fingerprint density at radius 1 is 1.23 bits per heavy atom. The summed E-state index contributed by atoms with van der Waals surface area (Å²) < 4.78 is 6.82. The van der Waals surface area contributed by atoms with Crippen molar-refractivity contribution in [3.8, 4) is 5.75 Å². The van der Waals surface area contributed by atoms with Gasteiger partial charge in [0.15, 0.2) is 0 Å². The standard InChI is InChI=1S/C28H28BBrN2O7/c1-15(10-17-12-18(30)7-8-23(17)33)6-9-24-25-16(2)11-21-26(22(25)14-29(36)39-24)28(35)31(27(21)34)19-4-3-5-20(13-19)32(37)38/h3-5,7-8,10,12-13,21-22,24,26,33,36H,6,9,11,14H2,1-2H3/b15-10+/t21-,22+,24-,26-/m1/s1. The molecule has 11 heteroatoms. The Labute approximate surface area is 234 Å². The molecule has 0 spiro atoms. The lowest BCUT2D eigenvalue weighted by Gasteiger charge is -2.42. The number of hydrogen-bond donors (Lipinski definition) is 2. The molecule has 2 amide bonds. The molecule has 3 aliphatic rings. The van der Waals surface area contributed by atoms with E-state index < -0.39 is 35.9 Å². The van der Waals surface area contributed by atoms with Crippen LogP contribution in [0, 0.1) is 27.9 Å². The van der Waals surface area contributed by atoms with Gasteiger partial charge in [-0.05, 0) is 75.2 Å². The van der Waals surface area contributed by atoms with Crippen LogP contribution in [-0.2, 0) is 14.2 Å². The molecule has 2 aromatic rings. The van der Waals surface area contributed by atoms with Crippen LogP contribution in [-0.4, -0.2) is 40.1 Å². The van der Waals surface area contributed by atoms with Gasteiger partial charge in [-0.3, -0.25) is 19.7 Å². The second-order valence-corrected chi connectivity index (χ2v) is 11.4. The second kappa shape index (κ2) is 10.7. The summed E-state index contributed by atoms with van der Waals surface area (Å²) in [5.41, 5.74) is 3.64. The Hall–Kier alpha value is -3.28. The van der Waals surface area contributed by atoms with Gasteiger partial charge in [0.1, 0.15) is 5.75 Å². The summed E-state index contributed by atoms with van der Waals surface area (Å²) in [6.07, 6.45) is 3.27. The van der Waals surface area contributed by atoms with Crippen LogP contribution in [0.1, 0.15) is 38.7 Å². The molecule has 4 atom stereocenters. The van der Waals surface area contributed by atoms with Crippen LogP contribution in [0.4, 0.5) is 11.4 Å². The third-order valence-electron chi connectivity index (χ3n) is 7.94. The number of imide groups is 1. The molecule has 39 heavy (non-hydrogen) atoms. The van der Waals surface area contributed by atoms with E-state index in [2.05, 4.69) is 15.9 Å². The zero-order valence-electron chi connectivity index (χ0n) is 21.5. The number of fused-ring (bicyclic) bond motifs is 3. The summed E-state index contributed by atoms with van der Waals surface area (Å²) in [5, 5.41) is 32.1. The minimum Gasteiger partial charge on any atom is -0.507 e. The zero-order chi connectivity index (χ0) is 28.0. The smallest absolute Gasteiger partial charge is 0.455 e. The number of rotatable bonds is 6. The molecule has 0 saturated carbocycles. The van der Waals surface area contributed by atoms with Gasteiger partial charge >= 0.3 is 7.12 Å². The molecule has 0 unspecified atom stereocenters. The highest BCUT2D eigenvalue weighted by molar-refractivity contribution is 9.10. The molecule has 0 aromatic heterocycles. The van der Waals surface area contributed by atoms with Crippen molar-refractivity contribution in [2.24, 2.45) is 17.8 Å².